The molecule has 2 saturated heterocycles. The number of nitrogens with one attached hydrogen (secondary N) is 2. The van der Waals surface area contributed by atoms with Gasteiger partial charge < -0.3 is 20.3 Å². The van der Waals surface area contributed by atoms with Crippen LogP contribution in [0.15, 0.2) is 0 Å². The minimum atomic E-state index is -0.446. The van der Waals surface area contributed by atoms with Gasteiger partial charge in [0, 0.05) is 19.1 Å². The molecule has 3 aliphatic rings. The van der Waals surface area contributed by atoms with E-state index in [2.05, 4.69) is 10.6 Å². The molecule has 1 aliphatic carbocycles. The molecule has 3 rings (SSSR count). The van der Waals surface area contributed by atoms with Crippen LogP contribution >= 0.6 is 0 Å². The number of nitrogens with zero attached hydrogens (tertiary/aromatic N) is 1. The van der Waals surface area contributed by atoms with E-state index in [-0.39, 0.29) is 17.7 Å². The van der Waals surface area contributed by atoms with Crippen molar-refractivity contribution in [2.24, 2.45) is 5.92 Å². The van der Waals surface area contributed by atoms with Gasteiger partial charge in [0.2, 0.25) is 11.8 Å². The molecule has 0 aromatic heterocycles. The maximum Gasteiger partial charge on any atom is 0.245 e. The Morgan fingerprint density at radius 1 is 1.25 bits per heavy atom. The van der Waals surface area contributed by atoms with Crippen LogP contribution in [0, 0.1) is 5.92 Å². The molecule has 2 N–H and O–H groups in total. The molecule has 6 nitrogen and oxygen atoms in total. The van der Waals surface area contributed by atoms with Crippen molar-refractivity contribution in [2.75, 3.05) is 32.8 Å². The molecule has 2 atom stereocenters. The highest BCUT2D eigenvalue weighted by molar-refractivity contribution is 5.89. The van der Waals surface area contributed by atoms with Gasteiger partial charge in [-0.2, -0.15) is 0 Å². The Morgan fingerprint density at radius 3 is 2.80 bits per heavy atom. The first-order valence-corrected chi connectivity index (χ1v) is 7.65. The second kappa shape index (κ2) is 6.10. The highest BCUT2D eigenvalue weighted by Gasteiger charge is 2.38. The number of ether oxygens (including phenoxy) is 1. The molecule has 0 aromatic carbocycles. The Morgan fingerprint density at radius 2 is 2.10 bits per heavy atom. The summed E-state index contributed by atoms with van der Waals surface area (Å²) in [5, 5.41) is 6.24. The molecule has 3 fully saturated rings. The van der Waals surface area contributed by atoms with Gasteiger partial charge in [-0.05, 0) is 32.2 Å². The van der Waals surface area contributed by atoms with Crippen molar-refractivity contribution in [1.82, 2.24) is 15.5 Å². The molecule has 0 aromatic rings. The van der Waals surface area contributed by atoms with Gasteiger partial charge in [0.15, 0.2) is 0 Å². The van der Waals surface area contributed by atoms with Crippen molar-refractivity contribution >= 4 is 11.8 Å². The van der Waals surface area contributed by atoms with E-state index in [1.54, 1.807) is 4.90 Å². The van der Waals surface area contributed by atoms with Crippen LogP contribution in [0.2, 0.25) is 0 Å². The van der Waals surface area contributed by atoms with Crippen molar-refractivity contribution < 1.29 is 14.3 Å². The molecule has 112 valence electrons. The maximum atomic E-state index is 12.6. The van der Waals surface area contributed by atoms with E-state index in [1.165, 1.54) is 0 Å². The Balaban J connectivity index is 1.63. The minimum Gasteiger partial charge on any atom is -0.377 e. The maximum absolute atomic E-state index is 12.6. The van der Waals surface area contributed by atoms with Crippen LogP contribution < -0.4 is 10.6 Å². The summed E-state index contributed by atoms with van der Waals surface area (Å²) >= 11 is 0. The van der Waals surface area contributed by atoms with Crippen LogP contribution in [0.25, 0.3) is 0 Å². The summed E-state index contributed by atoms with van der Waals surface area (Å²) < 4.78 is 5.40. The average molecular weight is 281 g/mol. The molecule has 6 heteroatoms. The molecule has 0 spiro atoms. The van der Waals surface area contributed by atoms with E-state index >= 15 is 0 Å². The number of hydrogen-bond acceptors (Lipinski definition) is 4. The number of piperidine rings is 1. The largest absolute Gasteiger partial charge is 0.377 e. The third-order valence-corrected chi connectivity index (χ3v) is 4.28. The van der Waals surface area contributed by atoms with Crippen molar-refractivity contribution in [3.8, 4) is 0 Å². The fourth-order valence-electron chi connectivity index (χ4n) is 2.91. The van der Waals surface area contributed by atoms with Gasteiger partial charge in [-0.25, -0.2) is 0 Å². The smallest absolute Gasteiger partial charge is 0.245 e. The quantitative estimate of drug-likeness (QED) is 0.731. The summed E-state index contributed by atoms with van der Waals surface area (Å²) in [6.07, 6.45) is 4.06. The molecule has 2 aliphatic heterocycles. The molecule has 1 unspecified atom stereocenters. The zero-order chi connectivity index (χ0) is 13.9. The van der Waals surface area contributed by atoms with E-state index in [1.807, 2.05) is 0 Å². The summed E-state index contributed by atoms with van der Waals surface area (Å²) in [5.41, 5.74) is 0. The molecule has 20 heavy (non-hydrogen) atoms. The lowest BCUT2D eigenvalue weighted by Gasteiger charge is -2.37. The van der Waals surface area contributed by atoms with Crippen molar-refractivity contribution in [3.63, 3.8) is 0 Å². The molecule has 2 heterocycles. The number of morpholine rings is 1. The lowest BCUT2D eigenvalue weighted by atomic mass is 9.97. The zero-order valence-electron chi connectivity index (χ0n) is 11.8. The number of hydrogen-bond donors (Lipinski definition) is 2. The van der Waals surface area contributed by atoms with Gasteiger partial charge in [0.25, 0.3) is 0 Å². The fraction of sp³-hybridized carbons (Fsp3) is 0.857. The summed E-state index contributed by atoms with van der Waals surface area (Å²) in [7, 11) is 0. The molecular weight excluding hydrogens is 258 g/mol. The van der Waals surface area contributed by atoms with E-state index in [9.17, 15) is 9.59 Å². The van der Waals surface area contributed by atoms with Crippen LogP contribution in [-0.2, 0) is 14.3 Å². The highest BCUT2D eigenvalue weighted by atomic mass is 16.5. The summed E-state index contributed by atoms with van der Waals surface area (Å²) in [4.78, 5) is 26.6. The van der Waals surface area contributed by atoms with Crippen LogP contribution in [0.5, 0.6) is 0 Å². The highest BCUT2D eigenvalue weighted by Crippen LogP contribution is 2.21. The Bertz CT molecular complexity index is 378. The molecular formula is C14H23N3O3. The van der Waals surface area contributed by atoms with Crippen LogP contribution in [0.4, 0.5) is 0 Å². The first-order valence-electron chi connectivity index (χ1n) is 7.65. The number of carbonyl (C=O) groups excluding carboxylic acids is 2. The van der Waals surface area contributed by atoms with Crippen molar-refractivity contribution in [2.45, 2.75) is 37.8 Å². The average Bonchev–Trinajstić information content (AvgIpc) is 3.31. The van der Waals surface area contributed by atoms with Crippen LogP contribution in [-0.4, -0.2) is 61.6 Å². The lowest BCUT2D eigenvalue weighted by molar-refractivity contribution is -0.152. The Labute approximate surface area is 119 Å². The van der Waals surface area contributed by atoms with Gasteiger partial charge >= 0.3 is 0 Å². The number of amides is 2. The number of carbonyl (C=O) groups is 2. The van der Waals surface area contributed by atoms with Gasteiger partial charge in [-0.3, -0.25) is 9.59 Å². The van der Waals surface area contributed by atoms with E-state index in [4.69, 9.17) is 4.74 Å². The van der Waals surface area contributed by atoms with Crippen molar-refractivity contribution in [3.05, 3.63) is 0 Å². The molecule has 2 amide bonds. The lowest BCUT2D eigenvalue weighted by Crippen LogP contribution is -2.58. The Kier molecular flexibility index (Phi) is 4.21. The molecule has 1 saturated carbocycles. The summed E-state index contributed by atoms with van der Waals surface area (Å²) in [5.74, 6) is 0.0684. The van der Waals surface area contributed by atoms with Crippen LogP contribution in [0.3, 0.4) is 0 Å². The molecule has 0 radical (unpaired) electrons. The minimum absolute atomic E-state index is 0.0121. The normalized spacial score (nSPS) is 30.9. The van der Waals surface area contributed by atoms with E-state index in [0.29, 0.717) is 25.8 Å². The third kappa shape index (κ3) is 3.12. The second-order valence-electron chi connectivity index (χ2n) is 5.95. The molecule has 0 bridgehead atoms. The van der Waals surface area contributed by atoms with Gasteiger partial charge in [-0.15, -0.1) is 0 Å². The first-order chi connectivity index (χ1) is 9.75. The zero-order valence-corrected chi connectivity index (χ0v) is 11.8. The van der Waals surface area contributed by atoms with E-state index in [0.717, 1.165) is 38.8 Å². The first kappa shape index (κ1) is 13.8. The summed E-state index contributed by atoms with van der Waals surface area (Å²) in [6.45, 7) is 3.09. The number of rotatable bonds is 3. The van der Waals surface area contributed by atoms with Crippen LogP contribution in [0.1, 0.15) is 25.7 Å². The van der Waals surface area contributed by atoms with E-state index < -0.39 is 6.04 Å². The monoisotopic (exact) mass is 281 g/mol. The van der Waals surface area contributed by atoms with Crippen molar-refractivity contribution in [1.29, 1.82) is 0 Å². The topological polar surface area (TPSA) is 70.7 Å². The third-order valence-electron chi connectivity index (χ3n) is 4.28. The standard InChI is InChI=1S/C14H23N3O3/c18-13(16-11-3-4-11)12-9-20-7-6-17(12)14(19)10-2-1-5-15-8-10/h10-12,15H,1-9H2,(H,16,18)/t10-,12?/m0/s1. The Hall–Kier alpha value is -1.14. The SMILES string of the molecule is O=C(NC1CC1)C1COCCN1C(=O)[C@H]1CCCNC1. The second-order valence-corrected chi connectivity index (χ2v) is 5.95. The predicted octanol–water partition coefficient (Wildman–Crippen LogP) is -0.508. The van der Waals surface area contributed by atoms with Gasteiger partial charge in [-0.1, -0.05) is 0 Å². The summed E-state index contributed by atoms with van der Waals surface area (Å²) in [6, 6.07) is -0.128. The van der Waals surface area contributed by atoms with Gasteiger partial charge in [0.05, 0.1) is 19.1 Å². The van der Waals surface area contributed by atoms with Gasteiger partial charge in [0.1, 0.15) is 6.04 Å². The fourth-order valence-corrected chi connectivity index (χ4v) is 2.91. The predicted molar refractivity (Wildman–Crippen MR) is 73.1 cm³/mol.